The summed E-state index contributed by atoms with van der Waals surface area (Å²) in [6.07, 6.45) is 0. The number of hydrogen-bond acceptors (Lipinski definition) is 5. The fraction of sp³-hybridized carbons (Fsp3) is 0.545. The maximum absolute atomic E-state index is 12.0. The molecule has 0 unspecified atom stereocenters. The van der Waals surface area contributed by atoms with Crippen molar-refractivity contribution < 1.29 is 29.1 Å². The number of hydrogen-bond donors (Lipinski definition) is 1. The molecule has 0 atom stereocenters. The number of carboxylic acid groups (broad SMARTS) is 1. The van der Waals surface area contributed by atoms with Crippen LogP contribution in [0.2, 0.25) is 0 Å². The highest BCUT2D eigenvalue weighted by atomic mass is 16.4. The third-order valence-electron chi connectivity index (χ3n) is 2.79. The van der Waals surface area contributed by atoms with Crippen LogP contribution in [0.3, 0.4) is 0 Å². The molecule has 1 aliphatic heterocycles. The number of likely N-dealkylation sites (N-methyl/N-ethyl adjacent to an activating group) is 1. The van der Waals surface area contributed by atoms with Crippen molar-refractivity contribution in [2.45, 2.75) is 19.9 Å². The van der Waals surface area contributed by atoms with Crippen molar-refractivity contribution in [3.63, 3.8) is 0 Å². The molecule has 1 rings (SSSR count). The topological polar surface area (TPSA) is 115 Å². The molecule has 0 aliphatic carbocycles. The van der Waals surface area contributed by atoms with Crippen LogP contribution in [-0.4, -0.2) is 75.7 Å². The van der Waals surface area contributed by atoms with E-state index in [1.54, 1.807) is 13.8 Å². The molecule has 9 heteroatoms. The lowest BCUT2D eigenvalue weighted by Gasteiger charge is -2.26. The Hall–Kier alpha value is -2.45. The molecule has 0 bridgehead atoms. The van der Waals surface area contributed by atoms with Gasteiger partial charge in [-0.3, -0.25) is 24.1 Å². The zero-order valence-corrected chi connectivity index (χ0v) is 11.3. The van der Waals surface area contributed by atoms with Crippen LogP contribution in [0.4, 0.5) is 4.79 Å². The lowest BCUT2D eigenvalue weighted by Crippen LogP contribution is -2.47. The van der Waals surface area contributed by atoms with E-state index in [-0.39, 0.29) is 0 Å². The molecule has 0 aromatic rings. The van der Waals surface area contributed by atoms with E-state index >= 15 is 0 Å². The maximum Gasteiger partial charge on any atom is 0.334 e. The fourth-order valence-corrected chi connectivity index (χ4v) is 1.68. The monoisotopic (exact) mass is 285 g/mol. The highest BCUT2D eigenvalue weighted by Crippen LogP contribution is 2.10. The second kappa shape index (κ2) is 5.68. The summed E-state index contributed by atoms with van der Waals surface area (Å²) in [5.41, 5.74) is 0. The summed E-state index contributed by atoms with van der Waals surface area (Å²) < 4.78 is 0. The number of carbonyl (C=O) groups excluding carboxylic acids is 4. The van der Waals surface area contributed by atoms with Gasteiger partial charge in [0.15, 0.2) is 0 Å². The summed E-state index contributed by atoms with van der Waals surface area (Å²) in [7, 11) is 1.13. The van der Waals surface area contributed by atoms with Gasteiger partial charge in [-0.05, 0) is 13.8 Å². The van der Waals surface area contributed by atoms with Crippen LogP contribution < -0.4 is 0 Å². The van der Waals surface area contributed by atoms with Crippen LogP contribution in [0.1, 0.15) is 13.8 Å². The molecule has 20 heavy (non-hydrogen) atoms. The minimum Gasteiger partial charge on any atom is -0.480 e. The first-order valence-electron chi connectivity index (χ1n) is 5.81. The zero-order chi connectivity index (χ0) is 15.6. The van der Waals surface area contributed by atoms with Crippen LogP contribution in [0.15, 0.2) is 0 Å². The molecule has 1 heterocycles. The van der Waals surface area contributed by atoms with Gasteiger partial charge in [-0.25, -0.2) is 9.69 Å². The van der Waals surface area contributed by atoms with Crippen molar-refractivity contribution in [2.24, 2.45) is 0 Å². The van der Waals surface area contributed by atoms with Crippen molar-refractivity contribution in [3.8, 4) is 0 Å². The molecule has 110 valence electrons. The van der Waals surface area contributed by atoms with Crippen molar-refractivity contribution in [1.29, 1.82) is 0 Å². The molecule has 1 fully saturated rings. The van der Waals surface area contributed by atoms with Crippen LogP contribution in [0.25, 0.3) is 0 Å². The smallest absolute Gasteiger partial charge is 0.334 e. The van der Waals surface area contributed by atoms with E-state index in [1.807, 2.05) is 0 Å². The van der Waals surface area contributed by atoms with Gasteiger partial charge in [0.05, 0.1) is 0 Å². The van der Waals surface area contributed by atoms with Crippen LogP contribution >= 0.6 is 0 Å². The summed E-state index contributed by atoms with van der Waals surface area (Å²) in [6, 6.07) is -1.31. The Kier molecular flexibility index (Phi) is 4.43. The quantitative estimate of drug-likeness (QED) is 0.497. The third kappa shape index (κ3) is 2.92. The van der Waals surface area contributed by atoms with E-state index in [2.05, 4.69) is 0 Å². The summed E-state index contributed by atoms with van der Waals surface area (Å²) in [6.45, 7) is 2.01. The number of rotatable bonds is 5. The molecule has 5 amide bonds. The van der Waals surface area contributed by atoms with Crippen LogP contribution in [0.5, 0.6) is 0 Å². The second-order valence-corrected chi connectivity index (χ2v) is 4.55. The summed E-state index contributed by atoms with van der Waals surface area (Å²) in [5.74, 6) is -4.03. The van der Waals surface area contributed by atoms with E-state index < -0.39 is 48.9 Å². The molecule has 0 radical (unpaired) electrons. The molecule has 0 spiro atoms. The maximum atomic E-state index is 12.0. The Labute approximate surface area is 114 Å². The minimum absolute atomic E-state index is 0.417. The number of amides is 5. The Morgan fingerprint density at radius 3 is 2.10 bits per heavy atom. The number of nitrogens with zero attached hydrogens (tertiary/aromatic N) is 3. The van der Waals surface area contributed by atoms with Gasteiger partial charge in [-0.15, -0.1) is 0 Å². The van der Waals surface area contributed by atoms with Gasteiger partial charge in [0.2, 0.25) is 5.91 Å². The Balaban J connectivity index is 2.84. The molecule has 0 aromatic heterocycles. The van der Waals surface area contributed by atoms with E-state index in [0.717, 1.165) is 11.9 Å². The molecule has 0 aromatic carbocycles. The van der Waals surface area contributed by atoms with E-state index in [9.17, 15) is 24.0 Å². The van der Waals surface area contributed by atoms with Gasteiger partial charge in [-0.2, -0.15) is 0 Å². The first-order chi connectivity index (χ1) is 9.16. The predicted octanol–water partition coefficient (Wildman–Crippen LogP) is -1.27. The van der Waals surface area contributed by atoms with Crippen molar-refractivity contribution in [3.05, 3.63) is 0 Å². The number of carbonyl (C=O) groups is 5. The normalized spacial score (nSPS) is 15.3. The molecular formula is C11H15N3O6. The van der Waals surface area contributed by atoms with Gasteiger partial charge in [0.1, 0.15) is 13.1 Å². The molecule has 1 aliphatic rings. The number of imide groups is 2. The Morgan fingerprint density at radius 1 is 1.20 bits per heavy atom. The van der Waals surface area contributed by atoms with Crippen LogP contribution in [0, 0.1) is 0 Å². The highest BCUT2D eigenvalue weighted by molar-refractivity contribution is 6.44. The minimum atomic E-state index is -1.21. The first-order valence-corrected chi connectivity index (χ1v) is 5.81. The van der Waals surface area contributed by atoms with Gasteiger partial charge in [-0.1, -0.05) is 0 Å². The van der Waals surface area contributed by atoms with Gasteiger partial charge in [0.25, 0.3) is 0 Å². The average Bonchev–Trinajstić information content (AvgIpc) is 2.53. The average molecular weight is 285 g/mol. The lowest BCUT2D eigenvalue weighted by molar-refractivity contribution is -0.148. The highest BCUT2D eigenvalue weighted by Gasteiger charge is 2.43. The number of carboxylic acids is 1. The zero-order valence-electron chi connectivity index (χ0n) is 11.3. The van der Waals surface area contributed by atoms with E-state index in [4.69, 9.17) is 5.11 Å². The molecule has 9 nitrogen and oxygen atoms in total. The number of urea groups is 1. The predicted molar refractivity (Wildman–Crippen MR) is 64.4 cm³/mol. The standard InChI is InChI=1S/C11H15N3O6/c1-6(2)13(5-8(16)17)7(15)4-14-10(19)9(18)12(3)11(14)20/h6H,4-5H2,1-3H3,(H,16,17). The lowest BCUT2D eigenvalue weighted by atomic mass is 10.3. The molecule has 1 saturated heterocycles. The van der Waals surface area contributed by atoms with E-state index in [1.165, 1.54) is 0 Å². The van der Waals surface area contributed by atoms with E-state index in [0.29, 0.717) is 9.80 Å². The van der Waals surface area contributed by atoms with Crippen LogP contribution in [-0.2, 0) is 19.2 Å². The largest absolute Gasteiger partial charge is 0.480 e. The van der Waals surface area contributed by atoms with Gasteiger partial charge in [0, 0.05) is 13.1 Å². The van der Waals surface area contributed by atoms with Gasteiger partial charge < -0.3 is 10.0 Å². The second-order valence-electron chi connectivity index (χ2n) is 4.55. The Bertz CT molecular complexity index is 487. The summed E-state index contributed by atoms with van der Waals surface area (Å²) in [4.78, 5) is 59.1. The first kappa shape index (κ1) is 15.6. The molecule has 1 N–H and O–H groups in total. The third-order valence-corrected chi connectivity index (χ3v) is 2.79. The van der Waals surface area contributed by atoms with Crippen molar-refractivity contribution in [2.75, 3.05) is 20.1 Å². The Morgan fingerprint density at radius 2 is 1.75 bits per heavy atom. The summed E-state index contributed by atoms with van der Waals surface area (Å²) in [5, 5.41) is 8.73. The van der Waals surface area contributed by atoms with Crippen molar-refractivity contribution in [1.82, 2.24) is 14.7 Å². The van der Waals surface area contributed by atoms with Crippen molar-refractivity contribution >= 4 is 29.7 Å². The van der Waals surface area contributed by atoms with Gasteiger partial charge >= 0.3 is 23.8 Å². The summed E-state index contributed by atoms with van der Waals surface area (Å²) >= 11 is 0. The molecular weight excluding hydrogens is 270 g/mol. The molecule has 0 saturated carbocycles. The number of aliphatic carboxylic acids is 1. The fourth-order valence-electron chi connectivity index (χ4n) is 1.68. The SMILES string of the molecule is CC(C)N(CC(=O)O)C(=O)CN1C(=O)C(=O)N(C)C1=O.